The molecule has 0 saturated heterocycles. The van der Waals surface area contributed by atoms with E-state index >= 15 is 0 Å². The number of hydrogen-bond acceptors (Lipinski definition) is 4. The molecular weight excluding hydrogens is 248 g/mol. The Kier molecular flexibility index (Phi) is 3.42. The van der Waals surface area contributed by atoms with Crippen molar-refractivity contribution in [3.8, 4) is 5.75 Å². The van der Waals surface area contributed by atoms with E-state index in [9.17, 15) is 14.9 Å². The van der Waals surface area contributed by atoms with E-state index in [1.807, 2.05) is 0 Å². The van der Waals surface area contributed by atoms with E-state index in [1.54, 1.807) is 6.07 Å². The molecule has 0 radical (unpaired) electrons. The van der Waals surface area contributed by atoms with Crippen LogP contribution in [-0.2, 0) is 0 Å². The summed E-state index contributed by atoms with van der Waals surface area (Å²) in [6.07, 6.45) is 0. The molecule has 0 spiro atoms. The smallest absolute Gasteiger partial charge is 0.282 e. The van der Waals surface area contributed by atoms with Crippen molar-refractivity contribution in [1.29, 1.82) is 0 Å². The minimum atomic E-state index is -0.605. The van der Waals surface area contributed by atoms with E-state index in [0.717, 1.165) is 0 Å². The summed E-state index contributed by atoms with van der Waals surface area (Å²) in [7, 11) is 0. The third-order valence-corrected chi connectivity index (χ3v) is 2.47. The maximum absolute atomic E-state index is 11.9. The van der Waals surface area contributed by atoms with Crippen LogP contribution in [0.4, 0.5) is 11.4 Å². The van der Waals surface area contributed by atoms with Gasteiger partial charge in [0, 0.05) is 11.8 Å². The van der Waals surface area contributed by atoms with Crippen LogP contribution in [-0.4, -0.2) is 15.9 Å². The number of aromatic hydroxyl groups is 1. The van der Waals surface area contributed by atoms with Gasteiger partial charge in [-0.2, -0.15) is 0 Å². The SMILES string of the molecule is O=C(Nc1ccc(O)cc1)c1ccccc1[N+](=O)[O-]. The normalized spacial score (nSPS) is 9.89. The van der Waals surface area contributed by atoms with Crippen molar-refractivity contribution >= 4 is 17.3 Å². The van der Waals surface area contributed by atoms with Crippen molar-refractivity contribution in [2.45, 2.75) is 0 Å². The fourth-order valence-electron chi connectivity index (χ4n) is 1.57. The second-order valence-corrected chi connectivity index (χ2v) is 3.78. The maximum Gasteiger partial charge on any atom is 0.282 e. The van der Waals surface area contributed by atoms with Crippen LogP contribution in [0.3, 0.4) is 0 Å². The van der Waals surface area contributed by atoms with Crippen molar-refractivity contribution in [2.24, 2.45) is 0 Å². The molecular formula is C13H10N2O4. The number of nitro groups is 1. The van der Waals surface area contributed by atoms with Gasteiger partial charge in [-0.1, -0.05) is 12.1 Å². The fraction of sp³-hybridized carbons (Fsp3) is 0. The Morgan fingerprint density at radius 3 is 2.37 bits per heavy atom. The molecule has 0 fully saturated rings. The van der Waals surface area contributed by atoms with Gasteiger partial charge in [0.1, 0.15) is 11.3 Å². The number of hydrogen-bond donors (Lipinski definition) is 2. The van der Waals surface area contributed by atoms with Gasteiger partial charge in [-0.15, -0.1) is 0 Å². The second kappa shape index (κ2) is 5.18. The van der Waals surface area contributed by atoms with Crippen LogP contribution in [0, 0.1) is 10.1 Å². The quantitative estimate of drug-likeness (QED) is 0.502. The second-order valence-electron chi connectivity index (χ2n) is 3.78. The Bertz CT molecular complexity index is 623. The largest absolute Gasteiger partial charge is 0.508 e. The molecule has 0 saturated carbocycles. The van der Waals surface area contributed by atoms with Gasteiger partial charge in [-0.05, 0) is 30.3 Å². The summed E-state index contributed by atoms with van der Waals surface area (Å²) < 4.78 is 0. The molecule has 6 heteroatoms. The number of phenolic OH excluding ortho intramolecular Hbond substituents is 1. The molecule has 2 N–H and O–H groups in total. The summed E-state index contributed by atoms with van der Waals surface area (Å²) in [4.78, 5) is 22.2. The Morgan fingerprint density at radius 1 is 1.11 bits per heavy atom. The molecule has 0 bridgehead atoms. The molecule has 0 heterocycles. The Hall–Kier alpha value is -2.89. The molecule has 19 heavy (non-hydrogen) atoms. The average Bonchev–Trinajstić information content (AvgIpc) is 2.41. The Labute approximate surface area is 108 Å². The summed E-state index contributed by atoms with van der Waals surface area (Å²) in [6, 6.07) is 11.5. The number of benzene rings is 2. The summed E-state index contributed by atoms with van der Waals surface area (Å²) in [5, 5.41) is 22.5. The number of para-hydroxylation sites is 1. The zero-order valence-corrected chi connectivity index (χ0v) is 9.74. The predicted molar refractivity (Wildman–Crippen MR) is 69.2 cm³/mol. The number of carbonyl (C=O) groups excluding carboxylic acids is 1. The molecule has 0 aliphatic heterocycles. The van der Waals surface area contributed by atoms with E-state index in [0.29, 0.717) is 5.69 Å². The third kappa shape index (κ3) is 2.86. The molecule has 2 aromatic rings. The maximum atomic E-state index is 11.9. The van der Waals surface area contributed by atoms with Crippen molar-refractivity contribution in [1.82, 2.24) is 0 Å². The Balaban J connectivity index is 2.25. The first-order chi connectivity index (χ1) is 9.08. The van der Waals surface area contributed by atoms with Crippen LogP contribution < -0.4 is 5.32 Å². The van der Waals surface area contributed by atoms with Gasteiger partial charge < -0.3 is 10.4 Å². The molecule has 96 valence electrons. The molecule has 1 amide bonds. The third-order valence-electron chi connectivity index (χ3n) is 2.47. The lowest BCUT2D eigenvalue weighted by Gasteiger charge is -2.05. The first-order valence-electron chi connectivity index (χ1n) is 5.42. The number of nitro benzene ring substituents is 1. The highest BCUT2D eigenvalue weighted by Crippen LogP contribution is 2.20. The number of nitrogens with zero attached hydrogens (tertiary/aromatic N) is 1. The van der Waals surface area contributed by atoms with Crippen molar-refractivity contribution in [3.05, 3.63) is 64.2 Å². The van der Waals surface area contributed by atoms with Crippen molar-refractivity contribution < 1.29 is 14.8 Å². The molecule has 0 atom stereocenters. The first-order valence-corrected chi connectivity index (χ1v) is 5.42. The van der Waals surface area contributed by atoms with Gasteiger partial charge >= 0.3 is 0 Å². The topological polar surface area (TPSA) is 92.5 Å². The number of rotatable bonds is 3. The Morgan fingerprint density at radius 2 is 1.74 bits per heavy atom. The molecule has 0 aliphatic carbocycles. The molecule has 2 rings (SSSR count). The number of amides is 1. The van der Waals surface area contributed by atoms with E-state index in [4.69, 9.17) is 5.11 Å². The highest BCUT2D eigenvalue weighted by molar-refractivity contribution is 6.07. The zero-order valence-electron chi connectivity index (χ0n) is 9.74. The van der Waals surface area contributed by atoms with Gasteiger partial charge in [0.2, 0.25) is 0 Å². The highest BCUT2D eigenvalue weighted by atomic mass is 16.6. The average molecular weight is 258 g/mol. The minimum absolute atomic E-state index is 0.0134. The van der Waals surface area contributed by atoms with Gasteiger partial charge in [-0.3, -0.25) is 14.9 Å². The van der Waals surface area contributed by atoms with E-state index in [1.165, 1.54) is 42.5 Å². The number of nitrogens with one attached hydrogen (secondary N) is 1. The molecule has 2 aromatic carbocycles. The molecule has 0 unspecified atom stereocenters. The summed E-state index contributed by atoms with van der Waals surface area (Å²) in [5.74, 6) is -0.498. The predicted octanol–water partition coefficient (Wildman–Crippen LogP) is 2.55. The van der Waals surface area contributed by atoms with Crippen LogP contribution in [0.15, 0.2) is 48.5 Å². The van der Waals surface area contributed by atoms with Crippen LogP contribution >= 0.6 is 0 Å². The van der Waals surface area contributed by atoms with Gasteiger partial charge in [0.25, 0.3) is 11.6 Å². The summed E-state index contributed by atoms with van der Waals surface area (Å²) in [5.41, 5.74) is 0.181. The lowest BCUT2D eigenvalue weighted by Crippen LogP contribution is -2.13. The minimum Gasteiger partial charge on any atom is -0.508 e. The standard InChI is InChI=1S/C13H10N2O4/c16-10-7-5-9(6-8-10)14-13(17)11-3-1-2-4-12(11)15(18)19/h1-8,16H,(H,14,17). The van der Waals surface area contributed by atoms with Crippen LogP contribution in [0.25, 0.3) is 0 Å². The molecule has 0 aliphatic rings. The van der Waals surface area contributed by atoms with E-state index in [-0.39, 0.29) is 17.0 Å². The lowest BCUT2D eigenvalue weighted by molar-refractivity contribution is -0.385. The first kappa shape index (κ1) is 12.6. The lowest BCUT2D eigenvalue weighted by atomic mass is 10.1. The number of carbonyl (C=O) groups is 1. The summed E-state index contributed by atoms with van der Waals surface area (Å²) in [6.45, 7) is 0. The van der Waals surface area contributed by atoms with Gasteiger partial charge in [0.05, 0.1) is 4.92 Å². The number of phenols is 1. The van der Waals surface area contributed by atoms with Crippen molar-refractivity contribution in [3.63, 3.8) is 0 Å². The monoisotopic (exact) mass is 258 g/mol. The van der Waals surface area contributed by atoms with E-state index < -0.39 is 10.8 Å². The summed E-state index contributed by atoms with van der Waals surface area (Å²) >= 11 is 0. The number of anilines is 1. The van der Waals surface area contributed by atoms with Crippen LogP contribution in [0.2, 0.25) is 0 Å². The van der Waals surface area contributed by atoms with Crippen molar-refractivity contribution in [2.75, 3.05) is 5.32 Å². The fourth-order valence-corrected chi connectivity index (χ4v) is 1.57. The zero-order chi connectivity index (χ0) is 13.8. The molecule has 6 nitrogen and oxygen atoms in total. The molecule has 0 aromatic heterocycles. The highest BCUT2D eigenvalue weighted by Gasteiger charge is 2.18. The van der Waals surface area contributed by atoms with Gasteiger partial charge in [-0.25, -0.2) is 0 Å². The van der Waals surface area contributed by atoms with Gasteiger partial charge in [0.15, 0.2) is 0 Å². The van der Waals surface area contributed by atoms with Crippen LogP contribution in [0.1, 0.15) is 10.4 Å². The van der Waals surface area contributed by atoms with Crippen LogP contribution in [0.5, 0.6) is 5.75 Å². The van der Waals surface area contributed by atoms with E-state index in [2.05, 4.69) is 5.32 Å².